The average Bonchev–Trinajstić information content (AvgIpc) is 3.63. The van der Waals surface area contributed by atoms with Crippen LogP contribution in [0.4, 0.5) is 27.8 Å². The van der Waals surface area contributed by atoms with Crippen molar-refractivity contribution < 1.29 is 31.8 Å². The van der Waals surface area contributed by atoms with Crippen molar-refractivity contribution >= 4 is 28.3 Å². The highest BCUT2D eigenvalue weighted by Crippen LogP contribution is 2.44. The average molecular weight is 615 g/mol. The molecule has 0 radical (unpaired) electrons. The van der Waals surface area contributed by atoms with Crippen molar-refractivity contribution in [3.05, 3.63) is 34.7 Å². The zero-order chi connectivity index (χ0) is 30.3. The summed E-state index contributed by atoms with van der Waals surface area (Å²) in [6.07, 6.45) is -0.0721. The van der Waals surface area contributed by atoms with Gasteiger partial charge < -0.3 is 20.1 Å². The van der Waals surface area contributed by atoms with Crippen LogP contribution in [0.15, 0.2) is 18.3 Å². The zero-order valence-corrected chi connectivity index (χ0v) is 24.1. The molecule has 0 saturated carbocycles. The van der Waals surface area contributed by atoms with Gasteiger partial charge in [-0.2, -0.15) is 23.1 Å². The fraction of sp³-hybridized carbons (Fsp3) is 0.536. The first-order valence-electron chi connectivity index (χ1n) is 13.7. The van der Waals surface area contributed by atoms with Crippen LogP contribution in [0, 0.1) is 5.82 Å². The maximum atomic E-state index is 15.7. The number of fused-ring (bicyclic) bond motifs is 2. The molecule has 14 heteroatoms. The van der Waals surface area contributed by atoms with E-state index in [1.54, 1.807) is 7.05 Å². The van der Waals surface area contributed by atoms with Crippen LogP contribution in [-0.4, -0.2) is 83.0 Å². The molecule has 0 aliphatic carbocycles. The fourth-order valence-corrected chi connectivity index (χ4v) is 6.52. The number of hydrogen-bond donors (Lipinski definition) is 2. The first-order valence-corrected chi connectivity index (χ1v) is 14.1. The highest BCUT2D eigenvalue weighted by Gasteiger charge is 2.38. The second kappa shape index (κ2) is 11.9. The number of nitrogens with zero attached hydrogens (tertiary/aromatic N) is 5. The smallest absolute Gasteiger partial charge is 0.418 e. The third kappa shape index (κ3) is 5.91. The second-order valence-electron chi connectivity index (χ2n) is 10.9. The quantitative estimate of drug-likeness (QED) is 0.368. The number of hydrogen-bond acceptors (Lipinski definition) is 8. The normalized spacial score (nSPS) is 24.0. The standard InChI is InChI=1S/C21H20ClF4N5O2.C7H12FN/c1-9-14(4-5-27-9)31(2)19-12-8-28-17(16(23)18(12)29-20(30-19)33-3)11-6-10(32)7-13(22)15(11)21(24,25)26;8-6-4-7-2-1-3-9(7)5-6/h6-9,14,27,32H,4-5H2,1-3H3;6-7H,1-5H2. The number of pyridine rings is 1. The molecule has 3 aliphatic rings. The van der Waals surface area contributed by atoms with Gasteiger partial charge in [-0.15, -0.1) is 0 Å². The SMILES string of the molecule is COc1nc(N(C)C2CCNC2C)c2cnc(-c3cc(O)cc(Cl)c3C(F)(F)F)c(F)c2n1.FC1CC2CCCN2C1. The molecule has 8 nitrogen and oxygen atoms in total. The Hall–Kier alpha value is -3.03. The van der Waals surface area contributed by atoms with Crippen LogP contribution in [0.25, 0.3) is 22.2 Å². The van der Waals surface area contributed by atoms with Gasteiger partial charge in [0.2, 0.25) is 0 Å². The van der Waals surface area contributed by atoms with E-state index in [2.05, 4.69) is 25.2 Å². The van der Waals surface area contributed by atoms with Crippen LogP contribution < -0.4 is 15.0 Å². The molecule has 4 atom stereocenters. The Morgan fingerprint density at radius 2 is 1.98 bits per heavy atom. The van der Waals surface area contributed by atoms with Crippen LogP contribution in [0.5, 0.6) is 11.8 Å². The van der Waals surface area contributed by atoms with Gasteiger partial charge in [0.15, 0.2) is 5.82 Å². The lowest BCUT2D eigenvalue weighted by Crippen LogP contribution is -2.40. The topological polar surface area (TPSA) is 86.6 Å². The van der Waals surface area contributed by atoms with Gasteiger partial charge in [-0.3, -0.25) is 9.88 Å². The van der Waals surface area contributed by atoms with Crippen LogP contribution in [0.2, 0.25) is 5.02 Å². The van der Waals surface area contributed by atoms with E-state index in [0.717, 1.165) is 38.1 Å². The van der Waals surface area contributed by atoms with Crippen LogP contribution >= 0.6 is 11.6 Å². The first-order chi connectivity index (χ1) is 19.9. The summed E-state index contributed by atoms with van der Waals surface area (Å²) in [5.74, 6) is -1.35. The van der Waals surface area contributed by atoms with Gasteiger partial charge in [-0.25, -0.2) is 8.78 Å². The number of likely N-dealkylation sites (N-methyl/N-ethyl adjacent to an activating group) is 1. The van der Waals surface area contributed by atoms with Gasteiger partial charge in [-0.05, 0) is 57.8 Å². The Morgan fingerprint density at radius 3 is 2.62 bits per heavy atom. The third-order valence-corrected chi connectivity index (χ3v) is 8.51. The lowest BCUT2D eigenvalue weighted by molar-refractivity contribution is -0.137. The molecule has 3 fully saturated rings. The van der Waals surface area contributed by atoms with Crippen LogP contribution in [-0.2, 0) is 6.18 Å². The van der Waals surface area contributed by atoms with Crippen molar-refractivity contribution in [2.45, 2.75) is 63.1 Å². The number of rotatable bonds is 4. The van der Waals surface area contributed by atoms with E-state index in [4.69, 9.17) is 16.3 Å². The predicted octanol–water partition coefficient (Wildman–Crippen LogP) is 5.60. The lowest BCUT2D eigenvalue weighted by atomic mass is 10.0. The molecule has 2 N–H and O–H groups in total. The number of alkyl halides is 4. The first kappa shape index (κ1) is 30.4. The molecule has 3 aliphatic heterocycles. The summed E-state index contributed by atoms with van der Waals surface area (Å²) in [6, 6.07) is 2.14. The number of anilines is 1. The third-order valence-electron chi connectivity index (χ3n) is 8.21. The number of methoxy groups -OCH3 is 1. The number of phenols is 1. The van der Waals surface area contributed by atoms with E-state index in [1.165, 1.54) is 26.1 Å². The molecule has 3 saturated heterocycles. The highest BCUT2D eigenvalue weighted by atomic mass is 35.5. The molecule has 3 aromatic rings. The summed E-state index contributed by atoms with van der Waals surface area (Å²) in [5, 5.41) is 12.6. The van der Waals surface area contributed by atoms with E-state index < -0.39 is 45.8 Å². The number of phenolic OH excluding ortho intramolecular Hbond substituents is 1. The molecule has 228 valence electrons. The van der Waals surface area contributed by atoms with Gasteiger partial charge in [0.25, 0.3) is 0 Å². The maximum absolute atomic E-state index is 15.7. The molecule has 2 aromatic heterocycles. The summed E-state index contributed by atoms with van der Waals surface area (Å²) in [6.45, 7) is 4.66. The molecule has 6 rings (SSSR count). The van der Waals surface area contributed by atoms with Crippen LogP contribution in [0.3, 0.4) is 0 Å². The van der Waals surface area contributed by atoms with E-state index in [0.29, 0.717) is 18.4 Å². The van der Waals surface area contributed by atoms with E-state index in [1.807, 2.05) is 11.8 Å². The summed E-state index contributed by atoms with van der Waals surface area (Å²) in [7, 11) is 3.10. The molecule has 42 heavy (non-hydrogen) atoms. The number of ether oxygens (including phenoxy) is 1. The Bertz CT molecular complexity index is 1450. The summed E-state index contributed by atoms with van der Waals surface area (Å²) >= 11 is 5.75. The zero-order valence-electron chi connectivity index (χ0n) is 23.4. The van der Waals surface area contributed by atoms with Gasteiger partial charge in [0.1, 0.15) is 28.9 Å². The van der Waals surface area contributed by atoms with Crippen LogP contribution in [0.1, 0.15) is 38.2 Å². The molecule has 4 unspecified atom stereocenters. The van der Waals surface area contributed by atoms with Crippen molar-refractivity contribution in [2.75, 3.05) is 38.7 Å². The Balaban J connectivity index is 0.000000330. The van der Waals surface area contributed by atoms with E-state index in [9.17, 15) is 22.7 Å². The van der Waals surface area contributed by atoms with Crippen molar-refractivity contribution in [1.29, 1.82) is 0 Å². The molecule has 0 bridgehead atoms. The second-order valence-corrected chi connectivity index (χ2v) is 11.3. The predicted molar refractivity (Wildman–Crippen MR) is 149 cm³/mol. The molecule has 5 heterocycles. The lowest BCUT2D eigenvalue weighted by Gasteiger charge is -2.29. The number of halogens is 6. The Morgan fingerprint density at radius 1 is 1.21 bits per heavy atom. The summed E-state index contributed by atoms with van der Waals surface area (Å²) in [5.41, 5.74) is -2.93. The number of benzene rings is 1. The van der Waals surface area contributed by atoms with E-state index >= 15 is 4.39 Å². The Kier molecular flexibility index (Phi) is 8.64. The van der Waals surface area contributed by atoms with Crippen molar-refractivity contribution in [2.24, 2.45) is 0 Å². The van der Waals surface area contributed by atoms with Gasteiger partial charge in [-0.1, -0.05) is 11.6 Å². The van der Waals surface area contributed by atoms with E-state index in [-0.39, 0.29) is 29.0 Å². The van der Waals surface area contributed by atoms with Crippen molar-refractivity contribution in [3.63, 3.8) is 0 Å². The van der Waals surface area contributed by atoms with Gasteiger partial charge in [0.05, 0.1) is 23.1 Å². The molecule has 0 amide bonds. The molecule has 0 spiro atoms. The fourth-order valence-electron chi connectivity index (χ4n) is 6.19. The van der Waals surface area contributed by atoms with Crippen molar-refractivity contribution in [3.8, 4) is 23.0 Å². The number of nitrogens with one attached hydrogen (secondary N) is 1. The van der Waals surface area contributed by atoms with Crippen molar-refractivity contribution in [1.82, 2.24) is 25.2 Å². The minimum atomic E-state index is -4.91. The maximum Gasteiger partial charge on any atom is 0.418 e. The number of aromatic nitrogens is 3. The van der Waals surface area contributed by atoms with Gasteiger partial charge >= 0.3 is 12.2 Å². The summed E-state index contributed by atoms with van der Waals surface area (Å²) < 4.78 is 74.5. The summed E-state index contributed by atoms with van der Waals surface area (Å²) in [4.78, 5) is 16.5. The highest BCUT2D eigenvalue weighted by molar-refractivity contribution is 6.32. The molecular weight excluding hydrogens is 583 g/mol. The Labute approximate surface area is 244 Å². The van der Waals surface area contributed by atoms with Gasteiger partial charge in [0, 0.05) is 43.5 Å². The molecule has 1 aromatic carbocycles. The molecular formula is C28H32ClF5N6O2. The minimum Gasteiger partial charge on any atom is -0.508 e. The number of aromatic hydroxyl groups is 1. The largest absolute Gasteiger partial charge is 0.508 e. The monoisotopic (exact) mass is 614 g/mol. The minimum absolute atomic E-state index is 0.0391.